The number of amides is 4. The van der Waals surface area contributed by atoms with Gasteiger partial charge in [0.25, 0.3) is 0 Å². The molecule has 1 aromatic heterocycles. The summed E-state index contributed by atoms with van der Waals surface area (Å²) >= 11 is 0. The van der Waals surface area contributed by atoms with E-state index in [1.165, 1.54) is 0 Å². The van der Waals surface area contributed by atoms with Gasteiger partial charge in [0.1, 0.15) is 5.76 Å². The van der Waals surface area contributed by atoms with E-state index in [1.54, 1.807) is 23.1 Å². The van der Waals surface area contributed by atoms with Crippen LogP contribution >= 0.6 is 0 Å². The summed E-state index contributed by atoms with van der Waals surface area (Å²) in [6.45, 7) is 5.10. The van der Waals surface area contributed by atoms with E-state index in [4.69, 9.17) is 4.42 Å². The third kappa shape index (κ3) is 3.48. The molecule has 1 aromatic carbocycles. The fraction of sp³-hybridized carbons (Fsp3) is 0.312. The number of oxazole rings is 1. The lowest BCUT2D eigenvalue weighted by molar-refractivity contribution is 0.250. The van der Waals surface area contributed by atoms with Crippen LogP contribution in [-0.2, 0) is 6.54 Å². The minimum atomic E-state index is -0.369. The van der Waals surface area contributed by atoms with Gasteiger partial charge in [0.15, 0.2) is 0 Å². The van der Waals surface area contributed by atoms with E-state index in [9.17, 15) is 9.59 Å². The highest BCUT2D eigenvalue weighted by Gasteiger charge is 2.21. The van der Waals surface area contributed by atoms with Gasteiger partial charge in [-0.15, -0.1) is 0 Å². The van der Waals surface area contributed by atoms with Crippen LogP contribution in [0.1, 0.15) is 17.3 Å². The number of benzene rings is 1. The highest BCUT2D eigenvalue weighted by atomic mass is 16.4. The second-order valence-corrected chi connectivity index (χ2v) is 5.49. The minimum absolute atomic E-state index is 0.133. The predicted octanol–water partition coefficient (Wildman–Crippen LogP) is 2.14. The average molecular weight is 329 g/mol. The summed E-state index contributed by atoms with van der Waals surface area (Å²) in [5.41, 5.74) is 2.15. The molecule has 0 radical (unpaired) electrons. The quantitative estimate of drug-likeness (QED) is 0.800. The van der Waals surface area contributed by atoms with Crippen LogP contribution in [0.25, 0.3) is 0 Å². The Kier molecular flexibility index (Phi) is 4.37. The third-order valence-corrected chi connectivity index (χ3v) is 3.75. The molecule has 0 spiro atoms. The van der Waals surface area contributed by atoms with E-state index in [1.807, 2.05) is 19.9 Å². The number of carbonyl (C=O) groups is 2. The first kappa shape index (κ1) is 15.9. The molecule has 126 valence electrons. The van der Waals surface area contributed by atoms with Crippen molar-refractivity contribution in [2.24, 2.45) is 0 Å². The first-order valence-electron chi connectivity index (χ1n) is 7.66. The molecule has 8 nitrogen and oxygen atoms in total. The van der Waals surface area contributed by atoms with Crippen molar-refractivity contribution in [1.82, 2.24) is 15.6 Å². The lowest BCUT2D eigenvalue weighted by Gasteiger charge is -2.15. The Labute approximate surface area is 139 Å². The molecular weight excluding hydrogens is 310 g/mol. The molecule has 2 heterocycles. The number of aromatic nitrogens is 1. The second kappa shape index (κ2) is 6.61. The largest absolute Gasteiger partial charge is 0.444 e. The SMILES string of the molecule is Cc1nc(CNC(=O)Nc2cccc(N3CCNC3=O)c2)oc1C. The van der Waals surface area contributed by atoms with Gasteiger partial charge in [0.2, 0.25) is 5.89 Å². The number of anilines is 2. The summed E-state index contributed by atoms with van der Waals surface area (Å²) in [5.74, 6) is 1.20. The Morgan fingerprint density at radius 2 is 2.25 bits per heavy atom. The first-order chi connectivity index (χ1) is 11.5. The lowest BCUT2D eigenvalue weighted by atomic mass is 10.2. The molecule has 4 amide bonds. The van der Waals surface area contributed by atoms with Gasteiger partial charge in [-0.05, 0) is 32.0 Å². The average Bonchev–Trinajstić information content (AvgIpc) is 3.11. The van der Waals surface area contributed by atoms with Crippen LogP contribution in [-0.4, -0.2) is 30.1 Å². The Morgan fingerprint density at radius 1 is 1.42 bits per heavy atom. The van der Waals surface area contributed by atoms with E-state index < -0.39 is 0 Å². The van der Waals surface area contributed by atoms with Crippen LogP contribution in [0.2, 0.25) is 0 Å². The molecule has 0 saturated carbocycles. The number of nitrogens with zero attached hydrogens (tertiary/aromatic N) is 2. The summed E-state index contributed by atoms with van der Waals surface area (Å²) in [5, 5.41) is 8.16. The zero-order valence-electron chi connectivity index (χ0n) is 13.5. The maximum Gasteiger partial charge on any atom is 0.321 e. The van der Waals surface area contributed by atoms with Crippen molar-refractivity contribution < 1.29 is 14.0 Å². The molecule has 1 aliphatic rings. The highest BCUT2D eigenvalue weighted by Crippen LogP contribution is 2.20. The zero-order chi connectivity index (χ0) is 17.1. The number of urea groups is 2. The molecule has 0 atom stereocenters. The monoisotopic (exact) mass is 329 g/mol. The van der Waals surface area contributed by atoms with Crippen LogP contribution in [0.5, 0.6) is 0 Å². The Balaban J connectivity index is 1.59. The number of hydrogen-bond acceptors (Lipinski definition) is 4. The van der Waals surface area contributed by atoms with E-state index >= 15 is 0 Å². The van der Waals surface area contributed by atoms with Gasteiger partial charge in [-0.3, -0.25) is 4.90 Å². The van der Waals surface area contributed by atoms with Gasteiger partial charge >= 0.3 is 12.1 Å². The molecule has 24 heavy (non-hydrogen) atoms. The van der Waals surface area contributed by atoms with Crippen molar-refractivity contribution in [3.8, 4) is 0 Å². The Hall–Kier alpha value is -3.03. The number of carbonyl (C=O) groups excluding carboxylic acids is 2. The van der Waals surface area contributed by atoms with Crippen molar-refractivity contribution in [3.05, 3.63) is 41.6 Å². The van der Waals surface area contributed by atoms with Gasteiger partial charge in [-0.1, -0.05) is 6.07 Å². The molecule has 8 heteroatoms. The molecule has 3 N–H and O–H groups in total. The summed E-state index contributed by atoms with van der Waals surface area (Å²) in [7, 11) is 0. The fourth-order valence-electron chi connectivity index (χ4n) is 2.42. The maximum atomic E-state index is 12.0. The van der Waals surface area contributed by atoms with Crippen LogP contribution < -0.4 is 20.9 Å². The number of hydrogen-bond donors (Lipinski definition) is 3. The van der Waals surface area contributed by atoms with Crippen LogP contribution in [0.15, 0.2) is 28.7 Å². The molecule has 0 unspecified atom stereocenters. The van der Waals surface area contributed by atoms with Gasteiger partial charge in [0, 0.05) is 24.5 Å². The van der Waals surface area contributed by atoms with Crippen LogP contribution in [0.3, 0.4) is 0 Å². The van der Waals surface area contributed by atoms with Crippen molar-refractivity contribution in [2.45, 2.75) is 20.4 Å². The Morgan fingerprint density at radius 3 is 2.92 bits per heavy atom. The van der Waals surface area contributed by atoms with Crippen molar-refractivity contribution in [1.29, 1.82) is 0 Å². The zero-order valence-corrected chi connectivity index (χ0v) is 13.5. The number of aryl methyl sites for hydroxylation is 2. The molecule has 0 aliphatic carbocycles. The molecule has 0 bridgehead atoms. The minimum Gasteiger partial charge on any atom is -0.444 e. The summed E-state index contributed by atoms with van der Waals surface area (Å²) in [4.78, 5) is 29.5. The van der Waals surface area contributed by atoms with E-state index in [2.05, 4.69) is 20.9 Å². The molecular formula is C16H19N5O3. The van der Waals surface area contributed by atoms with Crippen LogP contribution in [0, 0.1) is 13.8 Å². The molecule has 1 saturated heterocycles. The van der Waals surface area contributed by atoms with E-state index in [0.717, 1.165) is 17.1 Å². The normalized spacial score (nSPS) is 13.8. The van der Waals surface area contributed by atoms with Crippen molar-refractivity contribution in [2.75, 3.05) is 23.3 Å². The summed E-state index contributed by atoms with van der Waals surface area (Å²) in [6, 6.07) is 6.63. The smallest absolute Gasteiger partial charge is 0.321 e. The second-order valence-electron chi connectivity index (χ2n) is 5.49. The topological polar surface area (TPSA) is 99.5 Å². The van der Waals surface area contributed by atoms with Gasteiger partial charge < -0.3 is 20.4 Å². The van der Waals surface area contributed by atoms with Gasteiger partial charge in [0.05, 0.1) is 12.2 Å². The van der Waals surface area contributed by atoms with Crippen LogP contribution in [0.4, 0.5) is 21.0 Å². The molecule has 1 aliphatic heterocycles. The molecule has 3 rings (SSSR count). The molecule has 1 fully saturated rings. The predicted molar refractivity (Wildman–Crippen MR) is 89.0 cm³/mol. The van der Waals surface area contributed by atoms with Gasteiger partial charge in [-0.2, -0.15) is 0 Å². The highest BCUT2D eigenvalue weighted by molar-refractivity contribution is 5.95. The van der Waals surface area contributed by atoms with Crippen molar-refractivity contribution >= 4 is 23.4 Å². The van der Waals surface area contributed by atoms with E-state index in [-0.39, 0.29) is 18.6 Å². The molecule has 2 aromatic rings. The number of nitrogens with one attached hydrogen (secondary N) is 3. The number of rotatable bonds is 4. The van der Waals surface area contributed by atoms with E-state index in [0.29, 0.717) is 24.7 Å². The van der Waals surface area contributed by atoms with Gasteiger partial charge in [-0.25, -0.2) is 14.6 Å². The standard InChI is InChI=1S/C16H19N5O3/c1-10-11(2)24-14(19-10)9-18-15(22)20-12-4-3-5-13(8-12)21-7-6-17-16(21)23/h3-5,8H,6-7,9H2,1-2H3,(H,17,23)(H2,18,20,22). The summed E-state index contributed by atoms with van der Waals surface area (Å²) < 4.78 is 5.41. The maximum absolute atomic E-state index is 12.0. The summed E-state index contributed by atoms with van der Waals surface area (Å²) in [6.07, 6.45) is 0. The first-order valence-corrected chi connectivity index (χ1v) is 7.66. The van der Waals surface area contributed by atoms with Crippen molar-refractivity contribution in [3.63, 3.8) is 0 Å². The fourth-order valence-corrected chi connectivity index (χ4v) is 2.42. The third-order valence-electron chi connectivity index (χ3n) is 3.75. The Bertz CT molecular complexity index is 751. The lowest BCUT2D eigenvalue weighted by Crippen LogP contribution is -2.29.